The van der Waals surface area contributed by atoms with Gasteiger partial charge in [0.15, 0.2) is 0 Å². The number of hydrogen-bond acceptors (Lipinski definition) is 2. The second-order valence-electron chi connectivity index (χ2n) is 4.85. The summed E-state index contributed by atoms with van der Waals surface area (Å²) in [6.45, 7) is 0.990. The van der Waals surface area contributed by atoms with Crippen LogP contribution in [0.2, 0.25) is 0 Å². The largest absolute Gasteiger partial charge is 0.341 e. The molecule has 1 N–H and O–H groups in total. The van der Waals surface area contributed by atoms with Gasteiger partial charge in [0.2, 0.25) is 5.91 Å². The van der Waals surface area contributed by atoms with Crippen molar-refractivity contribution in [1.29, 1.82) is 0 Å². The fourth-order valence-electron chi connectivity index (χ4n) is 2.89. The van der Waals surface area contributed by atoms with E-state index in [0.717, 1.165) is 6.42 Å². The molecular formula is C11H18F2N2O. The van der Waals surface area contributed by atoms with Gasteiger partial charge in [0.25, 0.3) is 5.92 Å². The van der Waals surface area contributed by atoms with E-state index in [-0.39, 0.29) is 31.3 Å². The molecule has 1 aliphatic carbocycles. The molecular weight excluding hydrogens is 214 g/mol. The lowest BCUT2D eigenvalue weighted by atomic mass is 9.79. The van der Waals surface area contributed by atoms with Crippen LogP contribution in [0.15, 0.2) is 0 Å². The van der Waals surface area contributed by atoms with Gasteiger partial charge in [-0.15, -0.1) is 0 Å². The van der Waals surface area contributed by atoms with Gasteiger partial charge in [-0.25, -0.2) is 8.78 Å². The summed E-state index contributed by atoms with van der Waals surface area (Å²) in [5.74, 6) is -3.24. The van der Waals surface area contributed by atoms with Crippen molar-refractivity contribution in [1.82, 2.24) is 10.2 Å². The first kappa shape index (κ1) is 11.8. The van der Waals surface area contributed by atoms with Crippen molar-refractivity contribution in [3.8, 4) is 0 Å². The number of likely N-dealkylation sites (N-methyl/N-ethyl adjacent to an activating group) is 1. The van der Waals surface area contributed by atoms with E-state index < -0.39 is 11.8 Å². The van der Waals surface area contributed by atoms with Crippen LogP contribution in [0.1, 0.15) is 19.3 Å². The molecule has 1 saturated heterocycles. The minimum atomic E-state index is -2.57. The quantitative estimate of drug-likeness (QED) is 0.773. The molecule has 0 aromatic heterocycles. The van der Waals surface area contributed by atoms with Crippen LogP contribution < -0.4 is 5.32 Å². The second-order valence-corrected chi connectivity index (χ2v) is 4.85. The van der Waals surface area contributed by atoms with E-state index in [2.05, 4.69) is 5.32 Å². The van der Waals surface area contributed by atoms with E-state index in [0.29, 0.717) is 13.0 Å². The number of fused-ring (bicyclic) bond motifs is 1. The zero-order valence-electron chi connectivity index (χ0n) is 9.51. The van der Waals surface area contributed by atoms with Gasteiger partial charge in [-0.3, -0.25) is 4.79 Å². The fourth-order valence-corrected chi connectivity index (χ4v) is 2.89. The predicted molar refractivity (Wildman–Crippen MR) is 56.3 cm³/mol. The zero-order chi connectivity index (χ0) is 11.8. The van der Waals surface area contributed by atoms with Crippen molar-refractivity contribution >= 4 is 5.91 Å². The number of carbonyl (C=O) groups excluding carboxylic acids is 1. The molecule has 0 spiro atoms. The van der Waals surface area contributed by atoms with Crippen molar-refractivity contribution in [2.75, 3.05) is 26.7 Å². The molecule has 0 unspecified atom stereocenters. The molecule has 2 aliphatic rings. The summed E-state index contributed by atoms with van der Waals surface area (Å²) in [6.07, 6.45) is 1.41. The zero-order valence-corrected chi connectivity index (χ0v) is 9.51. The first-order valence-electron chi connectivity index (χ1n) is 5.85. The van der Waals surface area contributed by atoms with E-state index >= 15 is 0 Å². The van der Waals surface area contributed by atoms with Crippen molar-refractivity contribution < 1.29 is 13.6 Å². The number of nitrogens with zero attached hydrogens (tertiary/aromatic N) is 1. The topological polar surface area (TPSA) is 32.3 Å². The maximum absolute atomic E-state index is 13.6. The van der Waals surface area contributed by atoms with E-state index in [9.17, 15) is 13.6 Å². The first-order chi connectivity index (χ1) is 7.54. The maximum atomic E-state index is 13.6. The Morgan fingerprint density at radius 3 is 2.88 bits per heavy atom. The Kier molecular flexibility index (Phi) is 3.15. The number of carbonyl (C=O) groups is 1. The lowest BCUT2D eigenvalue weighted by Crippen LogP contribution is -2.39. The Bertz CT molecular complexity index is 283. The predicted octanol–water partition coefficient (Wildman–Crippen LogP) is 1.10. The molecule has 2 atom stereocenters. The Morgan fingerprint density at radius 1 is 1.50 bits per heavy atom. The molecule has 1 amide bonds. The van der Waals surface area contributed by atoms with Gasteiger partial charge in [-0.2, -0.15) is 0 Å². The Balaban J connectivity index is 2.02. The third-order valence-electron chi connectivity index (χ3n) is 3.75. The minimum Gasteiger partial charge on any atom is -0.341 e. The summed E-state index contributed by atoms with van der Waals surface area (Å²) in [4.78, 5) is 13.2. The van der Waals surface area contributed by atoms with Crippen LogP contribution in [0.4, 0.5) is 8.78 Å². The molecule has 2 rings (SSSR count). The highest BCUT2D eigenvalue weighted by Gasteiger charge is 2.51. The first-order valence-corrected chi connectivity index (χ1v) is 5.85. The molecule has 1 heterocycles. The van der Waals surface area contributed by atoms with Gasteiger partial charge in [-0.1, -0.05) is 0 Å². The van der Waals surface area contributed by atoms with Crippen molar-refractivity contribution in [3.05, 3.63) is 0 Å². The van der Waals surface area contributed by atoms with Gasteiger partial charge in [0, 0.05) is 25.4 Å². The molecule has 16 heavy (non-hydrogen) atoms. The van der Waals surface area contributed by atoms with Crippen LogP contribution in [0, 0.1) is 11.8 Å². The van der Waals surface area contributed by atoms with Crippen molar-refractivity contribution in [3.63, 3.8) is 0 Å². The number of hydrogen-bond donors (Lipinski definition) is 1. The number of nitrogens with one attached hydrogen (secondary N) is 1. The van der Waals surface area contributed by atoms with Crippen LogP contribution in [0.5, 0.6) is 0 Å². The normalized spacial score (nSPS) is 32.6. The van der Waals surface area contributed by atoms with E-state index in [1.807, 2.05) is 0 Å². The summed E-state index contributed by atoms with van der Waals surface area (Å²) < 4.78 is 27.3. The highest BCUT2D eigenvalue weighted by Crippen LogP contribution is 2.45. The van der Waals surface area contributed by atoms with Crippen molar-refractivity contribution in [2.24, 2.45) is 11.8 Å². The summed E-state index contributed by atoms with van der Waals surface area (Å²) in [5, 5.41) is 2.77. The summed E-state index contributed by atoms with van der Waals surface area (Å²) in [6, 6.07) is 0. The third-order valence-corrected chi connectivity index (χ3v) is 3.75. The van der Waals surface area contributed by atoms with Gasteiger partial charge in [0.1, 0.15) is 0 Å². The highest BCUT2D eigenvalue weighted by atomic mass is 19.3. The summed E-state index contributed by atoms with van der Waals surface area (Å²) in [7, 11) is 1.69. The van der Waals surface area contributed by atoms with E-state index in [1.54, 1.807) is 11.9 Å². The van der Waals surface area contributed by atoms with Crippen LogP contribution >= 0.6 is 0 Å². The molecule has 5 heteroatoms. The minimum absolute atomic E-state index is 0.00422. The smallest absolute Gasteiger partial charge is 0.252 e. The second kappa shape index (κ2) is 4.28. The summed E-state index contributed by atoms with van der Waals surface area (Å²) in [5.41, 5.74) is 0. The maximum Gasteiger partial charge on any atom is 0.252 e. The van der Waals surface area contributed by atoms with Crippen LogP contribution in [-0.2, 0) is 4.79 Å². The lowest BCUT2D eigenvalue weighted by molar-refractivity contribution is -0.130. The Morgan fingerprint density at radius 2 is 2.25 bits per heavy atom. The molecule has 3 nitrogen and oxygen atoms in total. The van der Waals surface area contributed by atoms with E-state index in [4.69, 9.17) is 0 Å². The standard InChI is InChI=1S/C11H18F2N2O/c1-14-5-10(16)15-6-8-3-2-4-11(12,13)9(8)7-15/h8-9,14H,2-7H2,1H3/t8-,9+/m0/s1. The lowest BCUT2D eigenvalue weighted by Gasteiger charge is -2.32. The molecule has 0 radical (unpaired) electrons. The van der Waals surface area contributed by atoms with Gasteiger partial charge >= 0.3 is 0 Å². The molecule has 0 aromatic rings. The Hall–Kier alpha value is -0.710. The number of rotatable bonds is 2. The van der Waals surface area contributed by atoms with E-state index in [1.165, 1.54) is 0 Å². The highest BCUT2D eigenvalue weighted by molar-refractivity contribution is 5.78. The number of alkyl halides is 2. The third kappa shape index (κ3) is 2.05. The molecule has 1 saturated carbocycles. The van der Waals surface area contributed by atoms with Gasteiger partial charge in [-0.05, 0) is 25.8 Å². The number of likely N-dealkylation sites (tertiary alicyclic amines) is 1. The molecule has 92 valence electrons. The van der Waals surface area contributed by atoms with Crippen molar-refractivity contribution in [2.45, 2.75) is 25.2 Å². The summed E-state index contributed by atoms with van der Waals surface area (Å²) >= 11 is 0. The average molecular weight is 232 g/mol. The van der Waals surface area contributed by atoms with Crippen LogP contribution in [-0.4, -0.2) is 43.4 Å². The fraction of sp³-hybridized carbons (Fsp3) is 0.909. The van der Waals surface area contributed by atoms with Gasteiger partial charge < -0.3 is 10.2 Å². The number of halogens is 2. The van der Waals surface area contributed by atoms with Crippen LogP contribution in [0.25, 0.3) is 0 Å². The molecule has 1 aliphatic heterocycles. The van der Waals surface area contributed by atoms with Crippen LogP contribution in [0.3, 0.4) is 0 Å². The van der Waals surface area contributed by atoms with Gasteiger partial charge in [0.05, 0.1) is 6.54 Å². The SMILES string of the molecule is CNCC(=O)N1C[C@@H]2CCCC(F)(F)[C@@H]2C1. The molecule has 0 aromatic carbocycles. The average Bonchev–Trinajstić information content (AvgIpc) is 2.63. The Labute approximate surface area is 94.2 Å². The molecule has 0 bridgehead atoms. The molecule has 2 fully saturated rings. The monoisotopic (exact) mass is 232 g/mol. The number of amides is 1.